The molecule has 24 heavy (non-hydrogen) atoms. The van der Waals surface area contributed by atoms with Crippen LogP contribution in [0.2, 0.25) is 0 Å². The predicted octanol–water partition coefficient (Wildman–Crippen LogP) is 3.99. The second kappa shape index (κ2) is 8.08. The van der Waals surface area contributed by atoms with Crippen LogP contribution < -0.4 is 4.74 Å². The number of ether oxygens (including phenoxy) is 1. The number of aromatic nitrogens is 3. The molecule has 1 atom stereocenters. The van der Waals surface area contributed by atoms with Gasteiger partial charge in [0.15, 0.2) is 5.78 Å². The maximum Gasteiger partial charge on any atom is 0.162 e. The van der Waals surface area contributed by atoms with Gasteiger partial charge in [-0.25, -0.2) is 9.67 Å². The summed E-state index contributed by atoms with van der Waals surface area (Å²) in [4.78, 5) is 16.6. The zero-order chi connectivity index (χ0) is 17.6. The Labute approximate surface area is 144 Å². The molecular formula is C19H27N3O2. The van der Waals surface area contributed by atoms with Crippen molar-refractivity contribution >= 4 is 5.78 Å². The van der Waals surface area contributed by atoms with Crippen molar-refractivity contribution in [2.24, 2.45) is 5.41 Å². The minimum atomic E-state index is -0.394. The molecule has 1 aromatic carbocycles. The predicted molar refractivity (Wildman–Crippen MR) is 94.0 cm³/mol. The van der Waals surface area contributed by atoms with Gasteiger partial charge in [-0.05, 0) is 38.3 Å². The number of rotatable bonds is 8. The first-order chi connectivity index (χ1) is 11.4. The number of ketones is 1. The summed E-state index contributed by atoms with van der Waals surface area (Å²) in [7, 11) is 0. The third-order valence-corrected chi connectivity index (χ3v) is 3.96. The third kappa shape index (κ3) is 5.18. The number of benzene rings is 1. The van der Waals surface area contributed by atoms with Gasteiger partial charge in [0.25, 0.3) is 0 Å². The van der Waals surface area contributed by atoms with Gasteiger partial charge >= 0.3 is 0 Å². The summed E-state index contributed by atoms with van der Waals surface area (Å²) in [6.07, 6.45) is 5.64. The van der Waals surface area contributed by atoms with Crippen LogP contribution in [0, 0.1) is 12.3 Å². The van der Waals surface area contributed by atoms with Gasteiger partial charge in [0.2, 0.25) is 0 Å². The molecule has 1 aromatic heterocycles. The summed E-state index contributed by atoms with van der Waals surface area (Å²) in [6, 6.07) is 7.79. The molecule has 0 saturated carbocycles. The molecule has 0 spiro atoms. The number of carbonyl (C=O) groups excluding carboxylic acids is 1. The standard InChI is InChI=1S/C19H27N3O2/c1-15-8-10-16(11-9-15)24-12-6-5-7-17(18(23)19(2,3)4)22-14-20-13-21-22/h8-11,13-14,17H,5-7,12H2,1-4H3. The normalized spacial score (nSPS) is 12.8. The molecule has 130 valence electrons. The first-order valence-corrected chi connectivity index (χ1v) is 8.46. The molecule has 0 bridgehead atoms. The van der Waals surface area contributed by atoms with Crippen molar-refractivity contribution in [1.82, 2.24) is 14.8 Å². The SMILES string of the molecule is Cc1ccc(OCCCCC(C(=O)C(C)(C)C)n2cncn2)cc1. The van der Waals surface area contributed by atoms with E-state index in [0.717, 1.165) is 25.0 Å². The van der Waals surface area contributed by atoms with E-state index in [2.05, 4.69) is 17.0 Å². The van der Waals surface area contributed by atoms with E-state index in [1.165, 1.54) is 11.9 Å². The van der Waals surface area contributed by atoms with E-state index < -0.39 is 5.41 Å². The lowest BCUT2D eigenvalue weighted by Gasteiger charge is -2.24. The zero-order valence-electron chi connectivity index (χ0n) is 15.0. The number of nitrogens with zero attached hydrogens (tertiary/aromatic N) is 3. The summed E-state index contributed by atoms with van der Waals surface area (Å²) in [5.74, 6) is 1.08. The van der Waals surface area contributed by atoms with Gasteiger partial charge in [-0.15, -0.1) is 0 Å². The molecule has 0 radical (unpaired) electrons. The van der Waals surface area contributed by atoms with Gasteiger partial charge in [0, 0.05) is 5.41 Å². The molecule has 2 aromatic rings. The average molecular weight is 329 g/mol. The topological polar surface area (TPSA) is 57.0 Å². The number of carbonyl (C=O) groups is 1. The van der Waals surface area contributed by atoms with Crippen LogP contribution >= 0.6 is 0 Å². The van der Waals surface area contributed by atoms with E-state index in [9.17, 15) is 4.79 Å². The lowest BCUT2D eigenvalue weighted by atomic mass is 9.85. The molecule has 0 fully saturated rings. The molecule has 1 heterocycles. The molecule has 0 saturated heterocycles. The lowest BCUT2D eigenvalue weighted by Crippen LogP contribution is -2.31. The Balaban J connectivity index is 1.83. The van der Waals surface area contributed by atoms with E-state index in [0.29, 0.717) is 6.61 Å². The number of Topliss-reactive ketones (excluding diaryl/α,β-unsaturated/α-hetero) is 1. The Bertz CT molecular complexity index is 628. The molecule has 1 unspecified atom stereocenters. The molecule has 0 amide bonds. The molecular weight excluding hydrogens is 302 g/mol. The van der Waals surface area contributed by atoms with Crippen LogP contribution in [0.5, 0.6) is 5.75 Å². The van der Waals surface area contributed by atoms with Crippen molar-refractivity contribution in [1.29, 1.82) is 0 Å². The Kier molecular flexibility index (Phi) is 6.12. The molecule has 0 aliphatic carbocycles. The fourth-order valence-corrected chi connectivity index (χ4v) is 2.53. The van der Waals surface area contributed by atoms with Crippen LogP contribution in [0.3, 0.4) is 0 Å². The van der Waals surface area contributed by atoms with E-state index in [-0.39, 0.29) is 11.8 Å². The van der Waals surface area contributed by atoms with Gasteiger partial charge in [0.05, 0.1) is 6.61 Å². The smallest absolute Gasteiger partial charge is 0.162 e. The van der Waals surface area contributed by atoms with Crippen LogP contribution in [-0.4, -0.2) is 27.2 Å². The lowest BCUT2D eigenvalue weighted by molar-refractivity contribution is -0.130. The Hall–Kier alpha value is -2.17. The average Bonchev–Trinajstić information content (AvgIpc) is 3.05. The largest absolute Gasteiger partial charge is 0.494 e. The molecule has 5 nitrogen and oxygen atoms in total. The van der Waals surface area contributed by atoms with Gasteiger partial charge in [-0.1, -0.05) is 38.5 Å². The maximum absolute atomic E-state index is 12.7. The minimum Gasteiger partial charge on any atom is -0.494 e. The number of aryl methyl sites for hydroxylation is 1. The summed E-state index contributed by atoms with van der Waals surface area (Å²) < 4.78 is 7.42. The zero-order valence-corrected chi connectivity index (χ0v) is 15.0. The summed E-state index contributed by atoms with van der Waals surface area (Å²) in [5, 5.41) is 4.16. The first kappa shape index (κ1) is 18.2. The van der Waals surface area contributed by atoms with E-state index >= 15 is 0 Å². The highest BCUT2D eigenvalue weighted by Gasteiger charge is 2.30. The van der Waals surface area contributed by atoms with Crippen LogP contribution in [-0.2, 0) is 4.79 Å². The minimum absolute atomic E-state index is 0.187. The van der Waals surface area contributed by atoms with Gasteiger partial charge < -0.3 is 4.74 Å². The summed E-state index contributed by atoms with van der Waals surface area (Å²) in [6.45, 7) is 8.54. The second-order valence-electron chi connectivity index (χ2n) is 7.16. The molecule has 5 heteroatoms. The van der Waals surface area contributed by atoms with Crippen LogP contribution in [0.25, 0.3) is 0 Å². The second-order valence-corrected chi connectivity index (χ2v) is 7.16. The number of hydrogen-bond donors (Lipinski definition) is 0. The summed E-state index contributed by atoms with van der Waals surface area (Å²) in [5.41, 5.74) is 0.827. The van der Waals surface area contributed by atoms with Gasteiger partial charge in [-0.3, -0.25) is 4.79 Å². The highest BCUT2D eigenvalue weighted by Crippen LogP contribution is 2.26. The Morgan fingerprint density at radius 2 is 1.92 bits per heavy atom. The fourth-order valence-electron chi connectivity index (χ4n) is 2.53. The van der Waals surface area contributed by atoms with Crippen LogP contribution in [0.4, 0.5) is 0 Å². The van der Waals surface area contributed by atoms with Crippen molar-refractivity contribution in [3.63, 3.8) is 0 Å². The Morgan fingerprint density at radius 1 is 1.21 bits per heavy atom. The molecule has 2 rings (SSSR count). The first-order valence-electron chi connectivity index (χ1n) is 8.46. The maximum atomic E-state index is 12.7. The van der Waals surface area contributed by atoms with Gasteiger partial charge in [0.1, 0.15) is 24.4 Å². The number of hydrogen-bond acceptors (Lipinski definition) is 4. The summed E-state index contributed by atoms with van der Waals surface area (Å²) >= 11 is 0. The fraction of sp³-hybridized carbons (Fsp3) is 0.526. The van der Waals surface area contributed by atoms with E-state index in [1.807, 2.05) is 45.0 Å². The van der Waals surface area contributed by atoms with Crippen molar-refractivity contribution in [2.75, 3.05) is 6.61 Å². The van der Waals surface area contributed by atoms with Crippen molar-refractivity contribution in [3.8, 4) is 5.75 Å². The number of unbranched alkanes of at least 4 members (excludes halogenated alkanes) is 1. The van der Waals surface area contributed by atoms with Crippen molar-refractivity contribution in [2.45, 2.75) is 53.0 Å². The third-order valence-electron chi connectivity index (χ3n) is 3.96. The van der Waals surface area contributed by atoms with Crippen LogP contribution in [0.15, 0.2) is 36.9 Å². The highest BCUT2D eigenvalue weighted by molar-refractivity contribution is 5.87. The van der Waals surface area contributed by atoms with Crippen molar-refractivity contribution < 1.29 is 9.53 Å². The van der Waals surface area contributed by atoms with Gasteiger partial charge in [-0.2, -0.15) is 5.10 Å². The molecule has 0 aliphatic heterocycles. The molecule has 0 N–H and O–H groups in total. The highest BCUT2D eigenvalue weighted by atomic mass is 16.5. The van der Waals surface area contributed by atoms with E-state index in [4.69, 9.17) is 4.74 Å². The van der Waals surface area contributed by atoms with E-state index in [1.54, 1.807) is 11.0 Å². The Morgan fingerprint density at radius 3 is 2.50 bits per heavy atom. The molecule has 0 aliphatic rings. The quantitative estimate of drug-likeness (QED) is 0.687. The monoisotopic (exact) mass is 329 g/mol. The van der Waals surface area contributed by atoms with Crippen LogP contribution in [0.1, 0.15) is 51.6 Å². The van der Waals surface area contributed by atoms with Crippen molar-refractivity contribution in [3.05, 3.63) is 42.5 Å².